The Morgan fingerprint density at radius 1 is 1.28 bits per heavy atom. The number of nitrogens with zero attached hydrogens (tertiary/aromatic N) is 1. The van der Waals surface area contributed by atoms with Crippen LogP contribution in [0.25, 0.3) is 6.08 Å². The van der Waals surface area contributed by atoms with Crippen molar-refractivity contribution >= 4 is 33.6 Å². The highest BCUT2D eigenvalue weighted by atomic mass is 35.5. The van der Waals surface area contributed by atoms with Crippen molar-refractivity contribution in [3.63, 3.8) is 0 Å². The standard InChI is InChI=1S/C18H25ClN2O3S/c1-2-3-11-20-18(22)16-8-12-21(13-9-16)25(23,24)14-10-15-4-6-17(19)7-5-15/h4-7,10,14,16H,2-3,8-9,11-13H2,1H3,(H,20,22). The number of carbonyl (C=O) groups is 1. The van der Waals surface area contributed by atoms with Crippen LogP contribution in [0.5, 0.6) is 0 Å². The maximum atomic E-state index is 12.4. The van der Waals surface area contributed by atoms with Gasteiger partial charge in [-0.1, -0.05) is 37.1 Å². The third kappa shape index (κ3) is 6.13. The summed E-state index contributed by atoms with van der Waals surface area (Å²) in [5.74, 6) is -0.0502. The molecule has 1 saturated heterocycles. The minimum atomic E-state index is -3.47. The van der Waals surface area contributed by atoms with Crippen molar-refractivity contribution in [1.29, 1.82) is 0 Å². The van der Waals surface area contributed by atoms with Crippen molar-refractivity contribution in [3.8, 4) is 0 Å². The van der Waals surface area contributed by atoms with E-state index in [9.17, 15) is 13.2 Å². The minimum Gasteiger partial charge on any atom is -0.356 e. The molecule has 1 amide bonds. The monoisotopic (exact) mass is 384 g/mol. The van der Waals surface area contributed by atoms with Crippen molar-refractivity contribution in [2.75, 3.05) is 19.6 Å². The van der Waals surface area contributed by atoms with Crippen LogP contribution in [-0.2, 0) is 14.8 Å². The normalized spacial score (nSPS) is 17.0. The molecule has 0 bridgehead atoms. The summed E-state index contributed by atoms with van der Waals surface area (Å²) in [6, 6.07) is 6.97. The van der Waals surface area contributed by atoms with E-state index in [2.05, 4.69) is 12.2 Å². The summed E-state index contributed by atoms with van der Waals surface area (Å²) in [6.45, 7) is 3.52. The van der Waals surface area contributed by atoms with Gasteiger partial charge in [-0.15, -0.1) is 0 Å². The van der Waals surface area contributed by atoms with Gasteiger partial charge in [0.2, 0.25) is 15.9 Å². The molecule has 0 aromatic heterocycles. The summed E-state index contributed by atoms with van der Waals surface area (Å²) < 4.78 is 26.3. The highest BCUT2D eigenvalue weighted by molar-refractivity contribution is 7.92. The van der Waals surface area contributed by atoms with E-state index in [1.807, 2.05) is 0 Å². The molecule has 0 unspecified atom stereocenters. The predicted molar refractivity (Wildman–Crippen MR) is 102 cm³/mol. The van der Waals surface area contributed by atoms with Gasteiger partial charge in [0.15, 0.2) is 0 Å². The lowest BCUT2D eigenvalue weighted by Gasteiger charge is -2.29. The molecule has 1 fully saturated rings. The zero-order valence-electron chi connectivity index (χ0n) is 14.4. The summed E-state index contributed by atoms with van der Waals surface area (Å²) >= 11 is 5.82. The summed E-state index contributed by atoms with van der Waals surface area (Å²) in [6.07, 6.45) is 4.69. The molecule has 0 aliphatic carbocycles. The second-order valence-corrected chi connectivity index (χ2v) is 8.47. The molecule has 1 aromatic rings. The Bertz CT molecular complexity index is 694. The van der Waals surface area contributed by atoms with Crippen LogP contribution in [0.4, 0.5) is 0 Å². The Balaban J connectivity index is 1.88. The van der Waals surface area contributed by atoms with E-state index in [4.69, 9.17) is 11.6 Å². The van der Waals surface area contributed by atoms with E-state index in [1.54, 1.807) is 30.3 Å². The largest absolute Gasteiger partial charge is 0.356 e. The van der Waals surface area contributed by atoms with Gasteiger partial charge in [0.25, 0.3) is 0 Å². The van der Waals surface area contributed by atoms with Crippen LogP contribution >= 0.6 is 11.6 Å². The fraction of sp³-hybridized carbons (Fsp3) is 0.500. The van der Waals surface area contributed by atoms with Crippen LogP contribution in [0.15, 0.2) is 29.7 Å². The van der Waals surface area contributed by atoms with Crippen LogP contribution in [0.1, 0.15) is 38.2 Å². The molecule has 0 saturated carbocycles. The number of piperidine rings is 1. The second kappa shape index (κ2) is 9.36. The molecule has 2 rings (SSSR count). The van der Waals surface area contributed by atoms with Crippen molar-refractivity contribution in [3.05, 3.63) is 40.3 Å². The number of rotatable bonds is 7. The Kier molecular flexibility index (Phi) is 7.47. The van der Waals surface area contributed by atoms with Gasteiger partial charge in [-0.2, -0.15) is 4.31 Å². The molecule has 5 nitrogen and oxygen atoms in total. The summed E-state index contributed by atoms with van der Waals surface area (Å²) in [5, 5.41) is 4.76. The SMILES string of the molecule is CCCCNC(=O)C1CCN(S(=O)(=O)C=Cc2ccc(Cl)cc2)CC1. The lowest BCUT2D eigenvalue weighted by molar-refractivity contribution is -0.126. The number of sulfonamides is 1. The first-order chi connectivity index (χ1) is 11.9. The Morgan fingerprint density at radius 2 is 1.92 bits per heavy atom. The van der Waals surface area contributed by atoms with Crippen molar-refractivity contribution < 1.29 is 13.2 Å². The Hall–Kier alpha value is -1.37. The van der Waals surface area contributed by atoms with Gasteiger partial charge in [0, 0.05) is 36.0 Å². The number of benzene rings is 1. The molecule has 0 spiro atoms. The lowest BCUT2D eigenvalue weighted by atomic mass is 9.97. The summed E-state index contributed by atoms with van der Waals surface area (Å²) in [7, 11) is -3.47. The van der Waals surface area contributed by atoms with E-state index in [-0.39, 0.29) is 11.8 Å². The van der Waals surface area contributed by atoms with Crippen LogP contribution < -0.4 is 5.32 Å². The maximum absolute atomic E-state index is 12.4. The van der Waals surface area contributed by atoms with Gasteiger partial charge in [-0.25, -0.2) is 8.42 Å². The van der Waals surface area contributed by atoms with Crippen LogP contribution in [-0.4, -0.2) is 38.3 Å². The minimum absolute atomic E-state index is 0.0437. The number of unbranched alkanes of at least 4 members (excludes halogenated alkanes) is 1. The van der Waals surface area contributed by atoms with Crippen molar-refractivity contribution in [1.82, 2.24) is 9.62 Å². The van der Waals surface area contributed by atoms with E-state index < -0.39 is 10.0 Å². The number of halogens is 1. The van der Waals surface area contributed by atoms with E-state index >= 15 is 0 Å². The first-order valence-corrected chi connectivity index (χ1v) is 10.5. The molecule has 1 aliphatic heterocycles. The van der Waals surface area contributed by atoms with E-state index in [1.165, 1.54) is 9.71 Å². The molecule has 7 heteroatoms. The smallest absolute Gasteiger partial charge is 0.236 e. The first kappa shape index (κ1) is 19.9. The number of hydrogen-bond acceptors (Lipinski definition) is 3. The average Bonchev–Trinajstić information content (AvgIpc) is 2.61. The molecule has 25 heavy (non-hydrogen) atoms. The van der Waals surface area contributed by atoms with Gasteiger partial charge in [-0.3, -0.25) is 4.79 Å². The van der Waals surface area contributed by atoms with Gasteiger partial charge in [0.05, 0.1) is 0 Å². The second-order valence-electron chi connectivity index (χ2n) is 6.22. The third-order valence-corrected chi connectivity index (χ3v) is 6.13. The summed E-state index contributed by atoms with van der Waals surface area (Å²) in [5.41, 5.74) is 0.776. The van der Waals surface area contributed by atoms with Crippen LogP contribution in [0, 0.1) is 5.92 Å². The number of amides is 1. The maximum Gasteiger partial charge on any atom is 0.236 e. The van der Waals surface area contributed by atoms with Crippen LogP contribution in [0.3, 0.4) is 0 Å². The van der Waals surface area contributed by atoms with Crippen molar-refractivity contribution in [2.45, 2.75) is 32.6 Å². The molecule has 0 atom stereocenters. The van der Waals surface area contributed by atoms with Crippen LogP contribution in [0.2, 0.25) is 5.02 Å². The average molecular weight is 385 g/mol. The predicted octanol–water partition coefficient (Wildman–Crippen LogP) is 3.27. The number of carbonyl (C=O) groups excluding carboxylic acids is 1. The Morgan fingerprint density at radius 3 is 2.52 bits per heavy atom. The molecule has 1 aliphatic rings. The molecular weight excluding hydrogens is 360 g/mol. The fourth-order valence-electron chi connectivity index (χ4n) is 2.73. The molecule has 0 radical (unpaired) electrons. The molecule has 138 valence electrons. The van der Waals surface area contributed by atoms with Gasteiger partial charge < -0.3 is 5.32 Å². The Labute approximate surface area is 155 Å². The molecular formula is C18H25ClN2O3S. The first-order valence-electron chi connectivity index (χ1n) is 8.64. The fourth-order valence-corrected chi connectivity index (χ4v) is 4.08. The van der Waals surface area contributed by atoms with Gasteiger partial charge in [0.1, 0.15) is 0 Å². The third-order valence-electron chi connectivity index (χ3n) is 4.32. The highest BCUT2D eigenvalue weighted by Crippen LogP contribution is 2.21. The zero-order valence-corrected chi connectivity index (χ0v) is 16.0. The molecule has 1 heterocycles. The lowest BCUT2D eigenvalue weighted by Crippen LogP contribution is -2.42. The zero-order chi connectivity index (χ0) is 18.3. The quantitative estimate of drug-likeness (QED) is 0.733. The van der Waals surface area contributed by atoms with Gasteiger partial charge in [-0.05, 0) is 43.0 Å². The van der Waals surface area contributed by atoms with E-state index in [0.29, 0.717) is 37.5 Å². The van der Waals surface area contributed by atoms with E-state index in [0.717, 1.165) is 18.4 Å². The topological polar surface area (TPSA) is 66.5 Å². The van der Waals surface area contributed by atoms with Gasteiger partial charge >= 0.3 is 0 Å². The molecule has 1 N–H and O–H groups in total. The highest BCUT2D eigenvalue weighted by Gasteiger charge is 2.29. The van der Waals surface area contributed by atoms with Crippen molar-refractivity contribution in [2.24, 2.45) is 5.92 Å². The number of nitrogens with one attached hydrogen (secondary N) is 1. The summed E-state index contributed by atoms with van der Waals surface area (Å²) in [4.78, 5) is 12.1. The number of hydrogen-bond donors (Lipinski definition) is 1. The molecule has 1 aromatic carbocycles.